The molecule has 0 fully saturated rings. The van der Waals surface area contributed by atoms with E-state index in [-0.39, 0.29) is 32.4 Å². The number of amides is 3. The van der Waals surface area contributed by atoms with Crippen molar-refractivity contribution in [3.05, 3.63) is 75.5 Å². The van der Waals surface area contributed by atoms with Crippen LogP contribution in [0.5, 0.6) is 11.5 Å². The Balaban J connectivity index is 1.55. The summed E-state index contributed by atoms with van der Waals surface area (Å²) in [7, 11) is 1.51. The largest absolute Gasteiger partial charge is 0.457 e. The van der Waals surface area contributed by atoms with Crippen molar-refractivity contribution in [2.45, 2.75) is 6.42 Å². The summed E-state index contributed by atoms with van der Waals surface area (Å²) in [5, 5.41) is 8.30. The summed E-state index contributed by atoms with van der Waals surface area (Å²) in [5.74, 6) is -0.518. The molecular weight excluding hydrogens is 491 g/mol. The van der Waals surface area contributed by atoms with E-state index in [1.54, 1.807) is 30.3 Å². The van der Waals surface area contributed by atoms with E-state index in [1.807, 2.05) is 0 Å². The Bertz CT molecular complexity index is 1200. The van der Waals surface area contributed by atoms with Crippen LogP contribution in [0.2, 0.25) is 15.1 Å². The number of pyridine rings is 1. The van der Waals surface area contributed by atoms with Crippen molar-refractivity contribution in [1.82, 2.24) is 10.3 Å². The predicted octanol–water partition coefficient (Wildman–Crippen LogP) is 5.16. The van der Waals surface area contributed by atoms with E-state index < -0.39 is 18.2 Å². The van der Waals surface area contributed by atoms with Gasteiger partial charge in [0.2, 0.25) is 11.8 Å². The van der Waals surface area contributed by atoms with Crippen LogP contribution >= 0.6 is 34.8 Å². The van der Waals surface area contributed by atoms with Crippen molar-refractivity contribution < 1.29 is 19.1 Å². The number of anilines is 2. The van der Waals surface area contributed by atoms with Crippen molar-refractivity contribution in [3.8, 4) is 11.5 Å². The fourth-order valence-electron chi connectivity index (χ4n) is 2.63. The number of nitrogens with zero attached hydrogens (tertiary/aromatic N) is 1. The van der Waals surface area contributed by atoms with Crippen molar-refractivity contribution in [2.75, 3.05) is 17.7 Å². The molecule has 0 atom stereocenters. The molecule has 2 aromatic carbocycles. The van der Waals surface area contributed by atoms with Gasteiger partial charge in [0.1, 0.15) is 23.6 Å². The molecule has 3 rings (SSSR count). The van der Waals surface area contributed by atoms with E-state index in [0.29, 0.717) is 17.2 Å². The van der Waals surface area contributed by atoms with Crippen LogP contribution in [0.1, 0.15) is 16.9 Å². The highest BCUT2D eigenvalue weighted by atomic mass is 35.5. The van der Waals surface area contributed by atoms with Gasteiger partial charge < -0.3 is 20.7 Å². The number of benzene rings is 2. The van der Waals surface area contributed by atoms with Gasteiger partial charge in [0, 0.05) is 25.0 Å². The quantitative estimate of drug-likeness (QED) is 0.302. The highest BCUT2D eigenvalue weighted by molar-refractivity contribution is 6.44. The number of hydrogen-bond acceptors (Lipinski definition) is 5. The normalized spacial score (nSPS) is 10.3. The van der Waals surface area contributed by atoms with Gasteiger partial charge in [-0.15, -0.1) is 0 Å². The molecule has 0 aliphatic heterocycles. The number of nitrogens with one attached hydrogen (secondary N) is 3. The first-order valence-corrected chi connectivity index (χ1v) is 10.6. The van der Waals surface area contributed by atoms with Gasteiger partial charge in [0.15, 0.2) is 0 Å². The average molecular weight is 508 g/mol. The molecule has 11 heteroatoms. The Kier molecular flexibility index (Phi) is 8.11. The van der Waals surface area contributed by atoms with Crippen molar-refractivity contribution in [3.63, 3.8) is 0 Å². The molecule has 0 bridgehead atoms. The molecule has 1 heterocycles. The first kappa shape index (κ1) is 24.3. The Labute approximate surface area is 204 Å². The zero-order valence-electron chi connectivity index (χ0n) is 17.1. The minimum Gasteiger partial charge on any atom is -0.457 e. The van der Waals surface area contributed by atoms with Crippen molar-refractivity contribution in [2.24, 2.45) is 0 Å². The summed E-state index contributed by atoms with van der Waals surface area (Å²) < 4.78 is 5.70. The molecule has 0 unspecified atom stereocenters. The zero-order chi connectivity index (χ0) is 24.0. The molecule has 3 N–H and O–H groups in total. The maximum absolute atomic E-state index is 12.2. The second kappa shape index (κ2) is 11.0. The summed E-state index contributed by atoms with van der Waals surface area (Å²) in [6.07, 6.45) is 1.03. The molecule has 1 aromatic heterocycles. The molecule has 0 radical (unpaired) electrons. The second-order valence-corrected chi connectivity index (χ2v) is 7.82. The van der Waals surface area contributed by atoms with Gasteiger partial charge in [0.05, 0.1) is 20.8 Å². The molecule has 8 nitrogen and oxygen atoms in total. The maximum Gasteiger partial charge on any atom is 0.269 e. The molecule has 170 valence electrons. The van der Waals surface area contributed by atoms with Crippen LogP contribution in [-0.2, 0) is 9.59 Å². The molecule has 33 heavy (non-hydrogen) atoms. The van der Waals surface area contributed by atoms with Gasteiger partial charge in [-0.3, -0.25) is 19.4 Å². The van der Waals surface area contributed by atoms with Crippen LogP contribution in [0.15, 0.2) is 54.7 Å². The summed E-state index contributed by atoms with van der Waals surface area (Å²) in [5.41, 5.74) is 0.939. The highest BCUT2D eigenvalue weighted by Gasteiger charge is 2.13. The third-order valence-electron chi connectivity index (χ3n) is 4.17. The third-order valence-corrected chi connectivity index (χ3v) is 5.20. The van der Waals surface area contributed by atoms with Crippen LogP contribution in [0.25, 0.3) is 0 Å². The lowest BCUT2D eigenvalue weighted by Gasteiger charge is -2.10. The molecule has 0 aliphatic carbocycles. The number of aromatic nitrogens is 1. The van der Waals surface area contributed by atoms with Crippen LogP contribution < -0.4 is 20.7 Å². The van der Waals surface area contributed by atoms with Crippen LogP contribution in [0.3, 0.4) is 0 Å². The Morgan fingerprint density at radius 3 is 2.21 bits per heavy atom. The van der Waals surface area contributed by atoms with Gasteiger partial charge in [-0.2, -0.15) is 0 Å². The van der Waals surface area contributed by atoms with Gasteiger partial charge in [-0.1, -0.05) is 34.8 Å². The lowest BCUT2D eigenvalue weighted by atomic mass is 10.2. The van der Waals surface area contributed by atoms with Crippen LogP contribution in [0.4, 0.5) is 11.4 Å². The molecule has 0 saturated carbocycles. The second-order valence-electron chi connectivity index (χ2n) is 6.60. The van der Waals surface area contributed by atoms with Crippen LogP contribution in [0, 0.1) is 0 Å². The van der Waals surface area contributed by atoms with E-state index in [1.165, 1.54) is 31.4 Å². The van der Waals surface area contributed by atoms with E-state index in [4.69, 9.17) is 39.5 Å². The zero-order valence-corrected chi connectivity index (χ0v) is 19.4. The Hall–Kier alpha value is -3.33. The first-order chi connectivity index (χ1) is 15.7. The fraction of sp³-hybridized carbons (Fsp3) is 0.0909. The maximum atomic E-state index is 12.2. The van der Waals surface area contributed by atoms with E-state index in [9.17, 15) is 14.4 Å². The highest BCUT2D eigenvalue weighted by Crippen LogP contribution is 2.32. The standard InChI is InChI=1S/C22H17Cl3N4O4/c1-26-22(32)19-8-14(6-7-27-19)33-13-4-2-12(3-5-13)28-20(30)11-21(31)29-18-10-16(24)15(23)9-17(18)25/h2-10H,11H2,1H3,(H,26,32)(H,28,30)(H,29,31). The van der Waals surface area contributed by atoms with Gasteiger partial charge in [-0.05, 0) is 42.5 Å². The summed E-state index contributed by atoms with van der Waals surface area (Å²) in [6, 6.07) is 12.4. The monoisotopic (exact) mass is 506 g/mol. The molecule has 0 spiro atoms. The lowest BCUT2D eigenvalue weighted by molar-refractivity contribution is -0.123. The third kappa shape index (κ3) is 6.82. The average Bonchev–Trinajstić information content (AvgIpc) is 2.78. The van der Waals surface area contributed by atoms with Crippen molar-refractivity contribution >= 4 is 63.9 Å². The van der Waals surface area contributed by atoms with E-state index in [0.717, 1.165) is 0 Å². The number of hydrogen-bond donors (Lipinski definition) is 3. The smallest absolute Gasteiger partial charge is 0.269 e. The summed E-state index contributed by atoms with van der Waals surface area (Å²) in [4.78, 5) is 40.0. The molecular formula is C22H17Cl3N4O4. The summed E-state index contributed by atoms with van der Waals surface area (Å²) in [6.45, 7) is 0. The van der Waals surface area contributed by atoms with E-state index >= 15 is 0 Å². The minimum atomic E-state index is -0.572. The van der Waals surface area contributed by atoms with Crippen molar-refractivity contribution in [1.29, 1.82) is 0 Å². The number of ether oxygens (including phenoxy) is 1. The number of rotatable bonds is 7. The lowest BCUT2D eigenvalue weighted by Crippen LogP contribution is -2.21. The van der Waals surface area contributed by atoms with Gasteiger partial charge >= 0.3 is 0 Å². The molecule has 3 amide bonds. The molecule has 3 aromatic rings. The number of carbonyl (C=O) groups is 3. The van der Waals surface area contributed by atoms with Crippen LogP contribution in [-0.4, -0.2) is 29.8 Å². The first-order valence-electron chi connectivity index (χ1n) is 9.45. The Morgan fingerprint density at radius 1 is 0.848 bits per heavy atom. The topological polar surface area (TPSA) is 109 Å². The Morgan fingerprint density at radius 2 is 1.52 bits per heavy atom. The van der Waals surface area contributed by atoms with E-state index in [2.05, 4.69) is 20.9 Å². The van der Waals surface area contributed by atoms with Gasteiger partial charge in [-0.25, -0.2) is 0 Å². The SMILES string of the molecule is CNC(=O)c1cc(Oc2ccc(NC(=O)CC(=O)Nc3cc(Cl)c(Cl)cc3Cl)cc2)ccn1. The fourth-order valence-corrected chi connectivity index (χ4v) is 3.23. The number of carbonyl (C=O) groups excluding carboxylic acids is 3. The molecule has 0 saturated heterocycles. The predicted molar refractivity (Wildman–Crippen MR) is 127 cm³/mol. The number of halogens is 3. The van der Waals surface area contributed by atoms with Gasteiger partial charge in [0.25, 0.3) is 5.91 Å². The molecule has 0 aliphatic rings. The minimum absolute atomic E-state index is 0.199. The summed E-state index contributed by atoms with van der Waals surface area (Å²) >= 11 is 17.8.